The normalized spacial score (nSPS) is 11.1. The zero-order valence-corrected chi connectivity index (χ0v) is 16.0. The quantitative estimate of drug-likeness (QED) is 0.731. The summed E-state index contributed by atoms with van der Waals surface area (Å²) < 4.78 is 41.0. The first-order chi connectivity index (χ1) is 12.6. The summed E-state index contributed by atoms with van der Waals surface area (Å²) in [4.78, 5) is 24.7. The minimum Gasteiger partial charge on any atom is -0.495 e. The van der Waals surface area contributed by atoms with Gasteiger partial charge in [0.15, 0.2) is 5.78 Å². The second-order valence-corrected chi connectivity index (χ2v) is 8.40. The van der Waals surface area contributed by atoms with Crippen LogP contribution >= 0.6 is 0 Å². The van der Waals surface area contributed by atoms with Gasteiger partial charge in [-0.3, -0.25) is 9.59 Å². The molecule has 0 unspecified atom stereocenters. The van der Waals surface area contributed by atoms with E-state index in [-0.39, 0.29) is 29.2 Å². The number of ether oxygens (including phenoxy) is 1. The number of hydrogen-bond donors (Lipinski definition) is 1. The lowest BCUT2D eigenvalue weighted by Gasteiger charge is -2.12. The summed E-state index contributed by atoms with van der Waals surface area (Å²) in [5.41, 5.74) is 1.19. The van der Waals surface area contributed by atoms with Crippen molar-refractivity contribution in [3.8, 4) is 5.75 Å². The van der Waals surface area contributed by atoms with Crippen LogP contribution in [0.5, 0.6) is 5.75 Å². The standard InChI is InChI=1S/C19H20FNO5S/c1-12-10-13(4-6-15(12)20)19(23)14-5-7-17(26-2)16(11-14)21-18(22)8-9-27(3,24)25/h4-7,10-11H,8-9H2,1-3H3,(H,21,22). The molecule has 144 valence electrons. The molecule has 2 aromatic rings. The summed E-state index contributed by atoms with van der Waals surface area (Å²) in [6.45, 7) is 1.56. The van der Waals surface area contributed by atoms with E-state index in [2.05, 4.69) is 5.32 Å². The molecule has 1 amide bonds. The Morgan fingerprint density at radius 2 is 1.74 bits per heavy atom. The van der Waals surface area contributed by atoms with Crippen molar-refractivity contribution >= 4 is 27.2 Å². The van der Waals surface area contributed by atoms with Gasteiger partial charge >= 0.3 is 0 Å². The molecule has 0 aliphatic carbocycles. The Labute approximate surface area is 157 Å². The summed E-state index contributed by atoms with van der Waals surface area (Å²) >= 11 is 0. The number of amides is 1. The van der Waals surface area contributed by atoms with E-state index in [4.69, 9.17) is 4.74 Å². The van der Waals surface area contributed by atoms with Crippen LogP contribution in [0, 0.1) is 12.7 Å². The third-order valence-corrected chi connectivity index (χ3v) is 4.80. The fraction of sp³-hybridized carbons (Fsp3) is 0.263. The predicted molar refractivity (Wildman–Crippen MR) is 101 cm³/mol. The average Bonchev–Trinajstić information content (AvgIpc) is 2.61. The molecule has 2 rings (SSSR count). The second-order valence-electron chi connectivity index (χ2n) is 6.14. The number of anilines is 1. The van der Waals surface area contributed by atoms with Gasteiger partial charge in [0, 0.05) is 23.8 Å². The van der Waals surface area contributed by atoms with Gasteiger partial charge in [-0.15, -0.1) is 0 Å². The Hall–Kier alpha value is -2.74. The number of sulfone groups is 1. The molecule has 0 radical (unpaired) electrons. The van der Waals surface area contributed by atoms with E-state index in [0.29, 0.717) is 16.9 Å². The van der Waals surface area contributed by atoms with Crippen LogP contribution in [0.15, 0.2) is 36.4 Å². The lowest BCUT2D eigenvalue weighted by atomic mass is 10.0. The van der Waals surface area contributed by atoms with Crippen molar-refractivity contribution in [1.29, 1.82) is 0 Å². The minimum absolute atomic E-state index is 0.211. The Kier molecular flexibility index (Phi) is 6.32. The van der Waals surface area contributed by atoms with Crippen molar-refractivity contribution in [3.63, 3.8) is 0 Å². The zero-order chi connectivity index (χ0) is 20.2. The molecule has 0 saturated heterocycles. The Morgan fingerprint density at radius 3 is 2.33 bits per heavy atom. The topological polar surface area (TPSA) is 89.5 Å². The molecule has 0 aromatic heterocycles. The molecule has 6 nitrogen and oxygen atoms in total. The van der Waals surface area contributed by atoms with Crippen molar-refractivity contribution in [2.24, 2.45) is 0 Å². The number of nitrogens with one attached hydrogen (secondary N) is 1. The van der Waals surface area contributed by atoms with Crippen LogP contribution in [0.3, 0.4) is 0 Å². The van der Waals surface area contributed by atoms with Gasteiger partial charge < -0.3 is 10.1 Å². The van der Waals surface area contributed by atoms with Gasteiger partial charge in [-0.25, -0.2) is 12.8 Å². The SMILES string of the molecule is COc1ccc(C(=O)c2ccc(F)c(C)c2)cc1NC(=O)CCS(C)(=O)=O. The number of ketones is 1. The highest BCUT2D eigenvalue weighted by molar-refractivity contribution is 7.90. The van der Waals surface area contributed by atoms with Crippen molar-refractivity contribution in [2.75, 3.05) is 24.4 Å². The van der Waals surface area contributed by atoms with Crippen molar-refractivity contribution < 1.29 is 27.1 Å². The van der Waals surface area contributed by atoms with Crippen LogP contribution in [-0.4, -0.2) is 39.2 Å². The van der Waals surface area contributed by atoms with Crippen LogP contribution in [0.2, 0.25) is 0 Å². The molecule has 0 fully saturated rings. The highest BCUT2D eigenvalue weighted by Crippen LogP contribution is 2.27. The number of aryl methyl sites for hydroxylation is 1. The highest BCUT2D eigenvalue weighted by atomic mass is 32.2. The van der Waals surface area contributed by atoms with E-state index >= 15 is 0 Å². The predicted octanol–water partition coefficient (Wildman–Crippen LogP) is 2.75. The van der Waals surface area contributed by atoms with Crippen LogP contribution < -0.4 is 10.1 Å². The van der Waals surface area contributed by atoms with E-state index in [1.54, 1.807) is 6.92 Å². The highest BCUT2D eigenvalue weighted by Gasteiger charge is 2.16. The number of benzene rings is 2. The Morgan fingerprint density at radius 1 is 1.11 bits per heavy atom. The third-order valence-electron chi connectivity index (χ3n) is 3.86. The fourth-order valence-corrected chi connectivity index (χ4v) is 2.95. The van der Waals surface area contributed by atoms with Crippen LogP contribution in [0.1, 0.15) is 27.9 Å². The van der Waals surface area contributed by atoms with Gasteiger partial charge in [-0.05, 0) is 48.9 Å². The average molecular weight is 393 g/mol. The van der Waals surface area contributed by atoms with Crippen LogP contribution in [-0.2, 0) is 14.6 Å². The number of carbonyl (C=O) groups is 2. The molecule has 8 heteroatoms. The van der Waals surface area contributed by atoms with Crippen molar-refractivity contribution in [1.82, 2.24) is 0 Å². The van der Waals surface area contributed by atoms with E-state index in [1.165, 1.54) is 43.5 Å². The zero-order valence-electron chi connectivity index (χ0n) is 15.2. The minimum atomic E-state index is -3.27. The van der Waals surface area contributed by atoms with Crippen molar-refractivity contribution in [3.05, 3.63) is 58.9 Å². The maximum atomic E-state index is 13.4. The Bertz CT molecular complexity index is 986. The number of carbonyl (C=O) groups excluding carboxylic acids is 2. The summed E-state index contributed by atoms with van der Waals surface area (Å²) in [7, 11) is -1.86. The molecule has 0 saturated carbocycles. The van der Waals surface area contributed by atoms with E-state index < -0.39 is 21.6 Å². The number of rotatable bonds is 7. The molecule has 0 atom stereocenters. The molecule has 1 N–H and O–H groups in total. The maximum Gasteiger partial charge on any atom is 0.225 e. The maximum absolute atomic E-state index is 13.4. The first-order valence-corrected chi connectivity index (χ1v) is 10.1. The van der Waals surface area contributed by atoms with Crippen LogP contribution in [0.4, 0.5) is 10.1 Å². The molecule has 0 heterocycles. The summed E-state index contributed by atoms with van der Waals surface area (Å²) in [6, 6.07) is 8.56. The number of halogens is 1. The molecular formula is C19H20FNO5S. The van der Waals surface area contributed by atoms with E-state index in [9.17, 15) is 22.4 Å². The summed E-state index contributed by atoms with van der Waals surface area (Å²) in [5, 5.41) is 2.56. The molecule has 0 bridgehead atoms. The molecule has 0 aliphatic heterocycles. The van der Waals surface area contributed by atoms with Gasteiger partial charge in [-0.2, -0.15) is 0 Å². The smallest absolute Gasteiger partial charge is 0.225 e. The largest absolute Gasteiger partial charge is 0.495 e. The second kappa shape index (κ2) is 8.30. The van der Waals surface area contributed by atoms with Gasteiger partial charge in [0.1, 0.15) is 21.4 Å². The van der Waals surface area contributed by atoms with Gasteiger partial charge in [0.2, 0.25) is 5.91 Å². The van der Waals surface area contributed by atoms with Crippen molar-refractivity contribution in [2.45, 2.75) is 13.3 Å². The van der Waals surface area contributed by atoms with Gasteiger partial charge in [0.25, 0.3) is 0 Å². The number of methoxy groups -OCH3 is 1. The first kappa shape index (κ1) is 20.6. The molecule has 0 spiro atoms. The lowest BCUT2D eigenvalue weighted by molar-refractivity contribution is -0.115. The fourth-order valence-electron chi connectivity index (χ4n) is 2.39. The van der Waals surface area contributed by atoms with E-state index in [0.717, 1.165) is 6.26 Å². The van der Waals surface area contributed by atoms with E-state index in [1.807, 2.05) is 0 Å². The van der Waals surface area contributed by atoms with Crippen LogP contribution in [0.25, 0.3) is 0 Å². The monoisotopic (exact) mass is 393 g/mol. The molecule has 2 aromatic carbocycles. The molecular weight excluding hydrogens is 373 g/mol. The summed E-state index contributed by atoms with van der Waals surface area (Å²) in [5.74, 6) is -1.21. The third kappa shape index (κ3) is 5.62. The lowest BCUT2D eigenvalue weighted by Crippen LogP contribution is -2.17. The molecule has 27 heavy (non-hydrogen) atoms. The summed E-state index contributed by atoms with van der Waals surface area (Å²) in [6.07, 6.45) is 0.835. The molecule has 0 aliphatic rings. The first-order valence-electron chi connectivity index (χ1n) is 8.07. The number of hydrogen-bond acceptors (Lipinski definition) is 5. The van der Waals surface area contributed by atoms with Gasteiger partial charge in [-0.1, -0.05) is 0 Å². The van der Waals surface area contributed by atoms with Gasteiger partial charge in [0.05, 0.1) is 18.6 Å². The Balaban J connectivity index is 2.27.